The van der Waals surface area contributed by atoms with E-state index in [1.54, 1.807) is 12.1 Å². The Labute approximate surface area is 175 Å². The predicted molar refractivity (Wildman–Crippen MR) is 106 cm³/mol. The first-order valence-electron chi connectivity index (χ1n) is 9.48. The van der Waals surface area contributed by atoms with Gasteiger partial charge in [0.25, 0.3) is 0 Å². The molecule has 10 heteroatoms. The number of carbonyl (C=O) groups is 1. The van der Waals surface area contributed by atoms with Gasteiger partial charge in [-0.1, -0.05) is 6.07 Å². The molecule has 2 heterocycles. The van der Waals surface area contributed by atoms with Crippen LogP contribution in [0.3, 0.4) is 0 Å². The normalized spacial score (nSPS) is 14.6. The quantitative estimate of drug-likeness (QED) is 0.599. The molecule has 1 N–H and O–H groups in total. The number of hydrogen-bond donors (Lipinski definition) is 1. The van der Waals surface area contributed by atoms with Crippen LogP contribution in [0, 0.1) is 5.82 Å². The lowest BCUT2D eigenvalue weighted by Crippen LogP contribution is -2.50. The summed E-state index contributed by atoms with van der Waals surface area (Å²) in [7, 11) is 0. The number of carbonyl (C=O) groups excluding carboxylic acids is 1. The first-order chi connectivity index (χ1) is 14.8. The molecule has 0 saturated carbocycles. The van der Waals surface area contributed by atoms with Crippen molar-refractivity contribution < 1.29 is 26.8 Å². The number of nitrogens with one attached hydrogen (secondary N) is 1. The minimum absolute atomic E-state index is 0.0762. The fraction of sp³-hybridized carbons (Fsp3) is 0.238. The van der Waals surface area contributed by atoms with Crippen molar-refractivity contribution in [2.75, 3.05) is 36.4 Å². The second kappa shape index (κ2) is 8.29. The van der Waals surface area contributed by atoms with Gasteiger partial charge in [0.15, 0.2) is 12.2 Å². The van der Waals surface area contributed by atoms with Crippen LogP contribution in [0.25, 0.3) is 11.3 Å². The zero-order valence-electron chi connectivity index (χ0n) is 16.2. The molecule has 1 aliphatic rings. The largest absolute Gasteiger partial charge is 0.443 e. The minimum atomic E-state index is -4.48. The second-order valence-electron chi connectivity index (χ2n) is 7.01. The first-order valence-corrected chi connectivity index (χ1v) is 9.48. The highest BCUT2D eigenvalue weighted by Gasteiger charge is 2.30. The Kier molecular flexibility index (Phi) is 5.53. The third-order valence-corrected chi connectivity index (χ3v) is 5.02. The molecule has 1 saturated heterocycles. The molecule has 0 atom stereocenters. The monoisotopic (exact) mass is 434 g/mol. The number of nitrogens with zero attached hydrogens (tertiary/aromatic N) is 3. The van der Waals surface area contributed by atoms with Gasteiger partial charge in [-0.3, -0.25) is 0 Å². The highest BCUT2D eigenvalue weighted by molar-refractivity contribution is 5.89. The van der Waals surface area contributed by atoms with Gasteiger partial charge in [-0.2, -0.15) is 13.2 Å². The zero-order valence-corrected chi connectivity index (χ0v) is 16.2. The van der Waals surface area contributed by atoms with Crippen molar-refractivity contribution >= 4 is 17.4 Å². The van der Waals surface area contributed by atoms with Gasteiger partial charge < -0.3 is 19.5 Å². The molecule has 162 valence electrons. The molecule has 2 amide bonds. The molecule has 0 bridgehead atoms. The molecule has 31 heavy (non-hydrogen) atoms. The van der Waals surface area contributed by atoms with Gasteiger partial charge in [-0.05, 0) is 36.4 Å². The van der Waals surface area contributed by atoms with E-state index >= 15 is 0 Å². The van der Waals surface area contributed by atoms with Gasteiger partial charge in [-0.25, -0.2) is 14.2 Å². The predicted octanol–water partition coefficient (Wildman–Crippen LogP) is 4.85. The SMILES string of the molecule is O=C(Nc1cccc(C(F)(F)F)c1)N1CCN(c2ccc(-c3cnco3)c(F)c2)CC1. The van der Waals surface area contributed by atoms with Crippen LogP contribution in [0.4, 0.5) is 33.7 Å². The van der Waals surface area contributed by atoms with Gasteiger partial charge in [0.1, 0.15) is 5.82 Å². The third kappa shape index (κ3) is 4.62. The van der Waals surface area contributed by atoms with E-state index < -0.39 is 23.6 Å². The molecule has 0 unspecified atom stereocenters. The summed E-state index contributed by atoms with van der Waals surface area (Å²) < 4.78 is 58.1. The van der Waals surface area contributed by atoms with Crippen LogP contribution >= 0.6 is 0 Å². The van der Waals surface area contributed by atoms with Crippen LogP contribution in [-0.4, -0.2) is 42.1 Å². The number of oxazole rings is 1. The fourth-order valence-electron chi connectivity index (χ4n) is 3.39. The summed E-state index contributed by atoms with van der Waals surface area (Å²) in [5.74, 6) is -0.112. The van der Waals surface area contributed by atoms with E-state index in [4.69, 9.17) is 4.42 Å². The molecule has 6 nitrogen and oxygen atoms in total. The Morgan fingerprint density at radius 2 is 1.84 bits per heavy atom. The Hall–Kier alpha value is -3.56. The summed E-state index contributed by atoms with van der Waals surface area (Å²) in [5.41, 5.74) is 0.220. The molecule has 3 aromatic rings. The average molecular weight is 434 g/mol. The van der Waals surface area contributed by atoms with E-state index in [1.807, 2.05) is 4.90 Å². The zero-order chi connectivity index (χ0) is 22.0. The summed E-state index contributed by atoms with van der Waals surface area (Å²) >= 11 is 0. The minimum Gasteiger partial charge on any atom is -0.443 e. The van der Waals surface area contributed by atoms with Crippen molar-refractivity contribution in [3.63, 3.8) is 0 Å². The maximum Gasteiger partial charge on any atom is 0.416 e. The average Bonchev–Trinajstić information content (AvgIpc) is 3.28. The van der Waals surface area contributed by atoms with Crippen molar-refractivity contribution in [3.8, 4) is 11.3 Å². The topological polar surface area (TPSA) is 61.6 Å². The molecular weight excluding hydrogens is 416 g/mol. The Balaban J connectivity index is 1.36. The molecule has 0 aliphatic carbocycles. The lowest BCUT2D eigenvalue weighted by molar-refractivity contribution is -0.137. The summed E-state index contributed by atoms with van der Waals surface area (Å²) in [6.45, 7) is 1.60. The van der Waals surface area contributed by atoms with Crippen LogP contribution in [0.5, 0.6) is 0 Å². The van der Waals surface area contributed by atoms with Crippen LogP contribution < -0.4 is 10.2 Å². The van der Waals surface area contributed by atoms with E-state index in [0.717, 1.165) is 12.1 Å². The number of alkyl halides is 3. The molecule has 0 spiro atoms. The van der Waals surface area contributed by atoms with E-state index in [9.17, 15) is 22.4 Å². The molecule has 0 radical (unpaired) electrons. The number of benzene rings is 2. The highest BCUT2D eigenvalue weighted by atomic mass is 19.4. The second-order valence-corrected chi connectivity index (χ2v) is 7.01. The van der Waals surface area contributed by atoms with Crippen molar-refractivity contribution in [3.05, 3.63) is 66.4 Å². The molecule has 4 rings (SSSR count). The lowest BCUT2D eigenvalue weighted by atomic mass is 10.1. The summed E-state index contributed by atoms with van der Waals surface area (Å²) in [5, 5.41) is 2.50. The maximum absolute atomic E-state index is 14.5. The molecule has 2 aromatic carbocycles. The number of halogens is 4. The smallest absolute Gasteiger partial charge is 0.416 e. The number of anilines is 2. The van der Waals surface area contributed by atoms with Gasteiger partial charge in [0.05, 0.1) is 17.3 Å². The van der Waals surface area contributed by atoms with Gasteiger partial charge in [0, 0.05) is 37.6 Å². The Morgan fingerprint density at radius 3 is 2.48 bits per heavy atom. The number of hydrogen-bond acceptors (Lipinski definition) is 4. The summed E-state index contributed by atoms with van der Waals surface area (Å²) in [6, 6.07) is 8.78. The van der Waals surface area contributed by atoms with Gasteiger partial charge >= 0.3 is 12.2 Å². The van der Waals surface area contributed by atoms with Crippen molar-refractivity contribution in [2.45, 2.75) is 6.18 Å². The number of amides is 2. The van der Waals surface area contributed by atoms with E-state index in [0.29, 0.717) is 43.2 Å². The van der Waals surface area contributed by atoms with E-state index in [2.05, 4.69) is 10.3 Å². The van der Waals surface area contributed by atoms with E-state index in [-0.39, 0.29) is 5.69 Å². The number of piperazine rings is 1. The van der Waals surface area contributed by atoms with E-state index in [1.165, 1.54) is 35.7 Å². The van der Waals surface area contributed by atoms with Crippen molar-refractivity contribution in [1.82, 2.24) is 9.88 Å². The summed E-state index contributed by atoms with van der Waals surface area (Å²) in [4.78, 5) is 19.7. The molecule has 1 aromatic heterocycles. The van der Waals surface area contributed by atoms with Crippen LogP contribution in [0.2, 0.25) is 0 Å². The number of urea groups is 1. The number of aromatic nitrogens is 1. The highest BCUT2D eigenvalue weighted by Crippen LogP contribution is 2.31. The molecule has 1 fully saturated rings. The molecule has 1 aliphatic heterocycles. The fourth-order valence-corrected chi connectivity index (χ4v) is 3.39. The van der Waals surface area contributed by atoms with Crippen LogP contribution in [-0.2, 0) is 6.18 Å². The maximum atomic E-state index is 14.5. The first kappa shape index (κ1) is 20.7. The standard InChI is InChI=1S/C21H18F4N4O2/c22-18-11-16(4-5-17(18)19-12-26-13-31-19)28-6-8-29(9-7-28)20(30)27-15-3-1-2-14(10-15)21(23,24)25/h1-5,10-13H,6-9H2,(H,27,30). The molecular formula is C21H18F4N4O2. The van der Waals surface area contributed by atoms with Crippen molar-refractivity contribution in [1.29, 1.82) is 0 Å². The summed E-state index contributed by atoms with van der Waals surface area (Å²) in [6.07, 6.45) is -1.82. The van der Waals surface area contributed by atoms with Crippen LogP contribution in [0.15, 0.2) is 59.5 Å². The third-order valence-electron chi connectivity index (χ3n) is 5.02. The lowest BCUT2D eigenvalue weighted by Gasteiger charge is -2.36. The Morgan fingerprint density at radius 1 is 1.06 bits per heavy atom. The van der Waals surface area contributed by atoms with Gasteiger partial charge in [-0.15, -0.1) is 0 Å². The van der Waals surface area contributed by atoms with Gasteiger partial charge in [0.2, 0.25) is 0 Å². The van der Waals surface area contributed by atoms with Crippen LogP contribution in [0.1, 0.15) is 5.56 Å². The Bertz CT molecular complexity index is 1060. The van der Waals surface area contributed by atoms with Crippen molar-refractivity contribution in [2.24, 2.45) is 0 Å². The number of rotatable bonds is 3.